The minimum Gasteiger partial charge on any atom is -0.350 e. The topological polar surface area (TPSA) is 67.5 Å². The normalized spacial score (nSPS) is 22.0. The van der Waals surface area contributed by atoms with Crippen LogP contribution in [-0.4, -0.2) is 12.2 Å². The van der Waals surface area contributed by atoms with Gasteiger partial charge in [-0.3, -0.25) is 0 Å². The number of rotatable bonds is 3. The second kappa shape index (κ2) is 5.35. The van der Waals surface area contributed by atoms with Crippen LogP contribution in [0, 0.1) is 5.92 Å². The molecule has 1 unspecified atom stereocenters. The molecule has 13 heavy (non-hydrogen) atoms. The van der Waals surface area contributed by atoms with Crippen LogP contribution in [0.5, 0.6) is 0 Å². The predicted octanol–water partition coefficient (Wildman–Crippen LogP) is 1.39. The van der Waals surface area contributed by atoms with E-state index >= 15 is 0 Å². The first-order chi connectivity index (χ1) is 6.29. The number of hydrazone groups is 1. The third kappa shape index (κ3) is 4.30. The minimum atomic E-state index is -0.615. The zero-order chi connectivity index (χ0) is 9.52. The number of primary amides is 1. The van der Waals surface area contributed by atoms with Crippen molar-refractivity contribution in [2.75, 3.05) is 0 Å². The third-order valence-electron chi connectivity index (χ3n) is 2.03. The average molecular weight is 181 g/mol. The third-order valence-corrected chi connectivity index (χ3v) is 2.03. The molecule has 0 aromatic rings. The maximum Gasteiger partial charge on any atom is 0.332 e. The molecule has 0 aliphatic heterocycles. The van der Waals surface area contributed by atoms with Gasteiger partial charge in [-0.1, -0.05) is 12.2 Å². The predicted molar refractivity (Wildman–Crippen MR) is 52.3 cm³/mol. The van der Waals surface area contributed by atoms with Crippen LogP contribution >= 0.6 is 0 Å². The summed E-state index contributed by atoms with van der Waals surface area (Å²) in [4.78, 5) is 10.2. The molecule has 0 saturated heterocycles. The molecule has 1 atom stereocenters. The molecule has 0 heterocycles. The first-order valence-electron chi connectivity index (χ1n) is 4.52. The molecule has 1 aliphatic rings. The summed E-state index contributed by atoms with van der Waals surface area (Å²) < 4.78 is 0. The second-order valence-electron chi connectivity index (χ2n) is 3.14. The molecule has 0 fully saturated rings. The van der Waals surface area contributed by atoms with Crippen molar-refractivity contribution < 1.29 is 4.79 Å². The van der Waals surface area contributed by atoms with Crippen molar-refractivity contribution in [3.63, 3.8) is 0 Å². The highest BCUT2D eigenvalue weighted by molar-refractivity contribution is 5.72. The standard InChI is InChI=1S/C9H15N3O/c10-9(13)12-11-7-6-8-4-2-1-3-5-8/h2,4,7-8H,1,3,5-6H2,(H3,10,12,13)/b11-7+. The largest absolute Gasteiger partial charge is 0.350 e. The number of hydrogen-bond donors (Lipinski definition) is 2. The van der Waals surface area contributed by atoms with Gasteiger partial charge >= 0.3 is 6.03 Å². The Hall–Kier alpha value is -1.32. The van der Waals surface area contributed by atoms with E-state index in [1.165, 1.54) is 19.3 Å². The van der Waals surface area contributed by atoms with Crippen molar-refractivity contribution in [2.24, 2.45) is 16.8 Å². The average Bonchev–Trinajstić information content (AvgIpc) is 2.14. The lowest BCUT2D eigenvalue weighted by Crippen LogP contribution is -2.24. The molecular weight excluding hydrogens is 166 g/mol. The molecule has 2 amide bonds. The van der Waals surface area contributed by atoms with E-state index in [-0.39, 0.29) is 0 Å². The summed E-state index contributed by atoms with van der Waals surface area (Å²) in [5, 5.41) is 3.68. The van der Waals surface area contributed by atoms with Crippen molar-refractivity contribution in [3.8, 4) is 0 Å². The molecule has 0 aromatic heterocycles. The van der Waals surface area contributed by atoms with Gasteiger partial charge in [-0.25, -0.2) is 10.2 Å². The number of hydrogen-bond acceptors (Lipinski definition) is 2. The van der Waals surface area contributed by atoms with E-state index < -0.39 is 6.03 Å². The second-order valence-corrected chi connectivity index (χ2v) is 3.14. The molecule has 72 valence electrons. The monoisotopic (exact) mass is 181 g/mol. The Morgan fingerprint density at radius 1 is 1.77 bits per heavy atom. The highest BCUT2D eigenvalue weighted by atomic mass is 16.2. The zero-order valence-corrected chi connectivity index (χ0v) is 7.57. The maximum atomic E-state index is 10.2. The first-order valence-corrected chi connectivity index (χ1v) is 4.52. The van der Waals surface area contributed by atoms with E-state index in [0.717, 1.165) is 6.42 Å². The molecule has 1 rings (SSSR count). The molecule has 4 heteroatoms. The number of nitrogens with two attached hydrogens (primary N) is 1. The summed E-state index contributed by atoms with van der Waals surface area (Å²) in [6.07, 6.45) is 10.6. The van der Waals surface area contributed by atoms with Gasteiger partial charge < -0.3 is 5.73 Å². The van der Waals surface area contributed by atoms with E-state index in [0.29, 0.717) is 5.92 Å². The highest BCUT2D eigenvalue weighted by Gasteiger charge is 2.05. The summed E-state index contributed by atoms with van der Waals surface area (Å²) >= 11 is 0. The first kappa shape index (κ1) is 9.77. The lowest BCUT2D eigenvalue weighted by molar-refractivity contribution is 0.249. The summed E-state index contributed by atoms with van der Waals surface area (Å²) in [5.41, 5.74) is 7.00. The Labute approximate surface area is 77.9 Å². The van der Waals surface area contributed by atoms with Gasteiger partial charge in [0.2, 0.25) is 0 Å². The van der Waals surface area contributed by atoms with Crippen molar-refractivity contribution in [1.82, 2.24) is 5.43 Å². The van der Waals surface area contributed by atoms with Crippen LogP contribution in [0.3, 0.4) is 0 Å². The molecule has 0 saturated carbocycles. The number of amides is 2. The quantitative estimate of drug-likeness (QED) is 0.385. The Kier molecular flexibility index (Phi) is 4.02. The van der Waals surface area contributed by atoms with E-state index in [9.17, 15) is 4.79 Å². The van der Waals surface area contributed by atoms with Crippen LogP contribution in [0.15, 0.2) is 17.3 Å². The van der Waals surface area contributed by atoms with Gasteiger partial charge in [-0.05, 0) is 31.6 Å². The number of carbonyl (C=O) groups is 1. The Morgan fingerprint density at radius 3 is 3.23 bits per heavy atom. The van der Waals surface area contributed by atoms with Crippen LogP contribution in [0.4, 0.5) is 4.79 Å². The summed E-state index contributed by atoms with van der Waals surface area (Å²) in [6.45, 7) is 0. The molecule has 0 spiro atoms. The zero-order valence-electron chi connectivity index (χ0n) is 7.57. The molecule has 0 bridgehead atoms. The Morgan fingerprint density at radius 2 is 2.62 bits per heavy atom. The minimum absolute atomic E-state index is 0.576. The number of allylic oxidation sites excluding steroid dienone is 2. The van der Waals surface area contributed by atoms with Gasteiger partial charge in [0.05, 0.1) is 0 Å². The molecule has 0 radical (unpaired) electrons. The summed E-state index contributed by atoms with van der Waals surface area (Å²) in [6, 6.07) is -0.615. The fourth-order valence-electron chi connectivity index (χ4n) is 1.38. The lowest BCUT2D eigenvalue weighted by atomic mass is 9.94. The molecule has 0 aromatic carbocycles. The summed E-state index contributed by atoms with van der Waals surface area (Å²) in [7, 11) is 0. The molecule has 4 nitrogen and oxygen atoms in total. The van der Waals surface area contributed by atoms with Crippen molar-refractivity contribution in [3.05, 3.63) is 12.2 Å². The van der Waals surface area contributed by atoms with E-state index in [2.05, 4.69) is 22.7 Å². The highest BCUT2D eigenvalue weighted by Crippen LogP contribution is 2.18. The number of nitrogens with zero attached hydrogens (tertiary/aromatic N) is 1. The van der Waals surface area contributed by atoms with E-state index in [4.69, 9.17) is 5.73 Å². The fourth-order valence-corrected chi connectivity index (χ4v) is 1.38. The Balaban J connectivity index is 2.17. The van der Waals surface area contributed by atoms with Crippen molar-refractivity contribution >= 4 is 12.2 Å². The van der Waals surface area contributed by atoms with Crippen molar-refractivity contribution in [1.29, 1.82) is 0 Å². The van der Waals surface area contributed by atoms with Crippen LogP contribution in [0.1, 0.15) is 25.7 Å². The van der Waals surface area contributed by atoms with Gasteiger partial charge in [-0.15, -0.1) is 0 Å². The molecular formula is C9H15N3O. The summed E-state index contributed by atoms with van der Waals surface area (Å²) in [5.74, 6) is 0.576. The smallest absolute Gasteiger partial charge is 0.332 e. The molecule has 3 N–H and O–H groups in total. The SMILES string of the molecule is NC(=O)N/N=C/CC1C=CCCC1. The molecule has 1 aliphatic carbocycles. The van der Waals surface area contributed by atoms with Gasteiger partial charge in [0, 0.05) is 6.21 Å². The van der Waals surface area contributed by atoms with Crippen LogP contribution in [0.25, 0.3) is 0 Å². The van der Waals surface area contributed by atoms with Crippen LogP contribution in [-0.2, 0) is 0 Å². The van der Waals surface area contributed by atoms with Gasteiger partial charge in [0.1, 0.15) is 0 Å². The van der Waals surface area contributed by atoms with Crippen LogP contribution in [0.2, 0.25) is 0 Å². The van der Waals surface area contributed by atoms with Crippen molar-refractivity contribution in [2.45, 2.75) is 25.7 Å². The lowest BCUT2D eigenvalue weighted by Gasteiger charge is -2.12. The number of carbonyl (C=O) groups excluding carboxylic acids is 1. The fraction of sp³-hybridized carbons (Fsp3) is 0.556. The van der Waals surface area contributed by atoms with Gasteiger partial charge in [0.15, 0.2) is 0 Å². The Bertz CT molecular complexity index is 223. The maximum absolute atomic E-state index is 10.2. The van der Waals surface area contributed by atoms with E-state index in [1.807, 2.05) is 0 Å². The number of urea groups is 1. The van der Waals surface area contributed by atoms with Gasteiger partial charge in [-0.2, -0.15) is 5.10 Å². The van der Waals surface area contributed by atoms with E-state index in [1.54, 1.807) is 6.21 Å². The van der Waals surface area contributed by atoms with Gasteiger partial charge in [0.25, 0.3) is 0 Å². The van der Waals surface area contributed by atoms with Crippen LogP contribution < -0.4 is 11.2 Å². The number of nitrogens with one attached hydrogen (secondary N) is 1.